The summed E-state index contributed by atoms with van der Waals surface area (Å²) in [6.07, 6.45) is 0. The minimum atomic E-state index is -0.0823. The number of benzene rings is 2. The number of amides is 1. The number of hydrogen-bond donors (Lipinski definition) is 2. The maximum Gasteiger partial charge on any atom is 0.221 e. The summed E-state index contributed by atoms with van der Waals surface area (Å²) < 4.78 is 0. The van der Waals surface area contributed by atoms with Crippen molar-refractivity contribution in [1.82, 2.24) is 0 Å². The third-order valence-electron chi connectivity index (χ3n) is 2.42. The van der Waals surface area contributed by atoms with Crippen LogP contribution in [0.25, 0.3) is 11.1 Å². The van der Waals surface area contributed by atoms with Gasteiger partial charge in [0.2, 0.25) is 5.91 Å². The molecule has 2 rings (SSSR count). The van der Waals surface area contributed by atoms with Crippen molar-refractivity contribution in [3.05, 3.63) is 48.5 Å². The Kier molecular flexibility index (Phi) is 3.49. The smallest absolute Gasteiger partial charge is 0.221 e. The second-order valence-corrected chi connectivity index (χ2v) is 4.23. The van der Waals surface area contributed by atoms with E-state index in [0.29, 0.717) is 0 Å². The zero-order chi connectivity index (χ0) is 12.3. The van der Waals surface area contributed by atoms with Crippen LogP contribution in [0.15, 0.2) is 53.4 Å². The van der Waals surface area contributed by atoms with Crippen LogP contribution in [0.4, 0.5) is 5.69 Å². The molecule has 3 heteroatoms. The molecule has 0 atom stereocenters. The summed E-state index contributed by atoms with van der Waals surface area (Å²) in [6.45, 7) is 1.50. The van der Waals surface area contributed by atoms with Gasteiger partial charge in [-0.1, -0.05) is 36.4 Å². The number of hydrogen-bond acceptors (Lipinski definition) is 2. The van der Waals surface area contributed by atoms with Crippen molar-refractivity contribution >= 4 is 24.2 Å². The molecule has 0 heterocycles. The summed E-state index contributed by atoms with van der Waals surface area (Å²) in [5.41, 5.74) is 2.78. The molecule has 0 unspecified atom stereocenters. The lowest BCUT2D eigenvalue weighted by atomic mass is 10.0. The van der Waals surface area contributed by atoms with Gasteiger partial charge in [0.1, 0.15) is 0 Å². The van der Waals surface area contributed by atoms with Crippen LogP contribution in [-0.4, -0.2) is 5.91 Å². The molecule has 0 aliphatic heterocycles. The number of carbonyl (C=O) groups is 1. The summed E-state index contributed by atoms with van der Waals surface area (Å²) in [5, 5.41) is 2.82. The lowest BCUT2D eigenvalue weighted by molar-refractivity contribution is -0.114. The minimum Gasteiger partial charge on any atom is -0.326 e. The van der Waals surface area contributed by atoms with Crippen LogP contribution < -0.4 is 5.32 Å². The second kappa shape index (κ2) is 5.06. The molecule has 0 saturated carbocycles. The molecule has 0 radical (unpaired) electrons. The Bertz CT molecular complexity index is 537. The van der Waals surface area contributed by atoms with Crippen molar-refractivity contribution < 1.29 is 4.79 Å². The maximum absolute atomic E-state index is 11.2. The van der Waals surface area contributed by atoms with Gasteiger partial charge in [0.15, 0.2) is 0 Å². The van der Waals surface area contributed by atoms with Gasteiger partial charge >= 0.3 is 0 Å². The summed E-state index contributed by atoms with van der Waals surface area (Å²) in [6, 6.07) is 15.6. The first-order valence-corrected chi connectivity index (χ1v) is 5.78. The van der Waals surface area contributed by atoms with E-state index in [9.17, 15) is 4.79 Å². The molecule has 2 aromatic carbocycles. The number of rotatable bonds is 2. The van der Waals surface area contributed by atoms with Crippen molar-refractivity contribution in [2.75, 3.05) is 5.32 Å². The largest absolute Gasteiger partial charge is 0.326 e. The van der Waals surface area contributed by atoms with E-state index in [1.807, 2.05) is 48.5 Å². The van der Waals surface area contributed by atoms with Crippen LogP contribution >= 0.6 is 12.6 Å². The Morgan fingerprint density at radius 2 is 1.76 bits per heavy atom. The highest BCUT2D eigenvalue weighted by Gasteiger charge is 2.09. The normalized spacial score (nSPS) is 10.0. The Labute approximate surface area is 106 Å². The summed E-state index contributed by atoms with van der Waals surface area (Å²) in [7, 11) is 0. The number of carbonyl (C=O) groups excluding carboxylic acids is 1. The number of thiol groups is 1. The van der Waals surface area contributed by atoms with Crippen LogP contribution in [0.3, 0.4) is 0 Å². The van der Waals surface area contributed by atoms with E-state index in [-0.39, 0.29) is 5.91 Å². The average Bonchev–Trinajstić information content (AvgIpc) is 2.29. The first-order valence-electron chi connectivity index (χ1n) is 5.33. The molecule has 17 heavy (non-hydrogen) atoms. The fourth-order valence-electron chi connectivity index (χ4n) is 1.74. The van der Waals surface area contributed by atoms with E-state index in [2.05, 4.69) is 17.9 Å². The van der Waals surface area contributed by atoms with Crippen LogP contribution in [0.2, 0.25) is 0 Å². The van der Waals surface area contributed by atoms with E-state index in [0.717, 1.165) is 21.7 Å². The first-order chi connectivity index (χ1) is 8.18. The molecule has 0 spiro atoms. The number of nitrogens with one attached hydrogen (secondary N) is 1. The molecule has 0 aliphatic rings. The van der Waals surface area contributed by atoms with Gasteiger partial charge < -0.3 is 5.32 Å². The first kappa shape index (κ1) is 11.7. The summed E-state index contributed by atoms with van der Waals surface area (Å²) >= 11 is 4.45. The van der Waals surface area contributed by atoms with Gasteiger partial charge in [-0.25, -0.2) is 0 Å². The van der Waals surface area contributed by atoms with E-state index >= 15 is 0 Å². The number of anilines is 1. The summed E-state index contributed by atoms with van der Waals surface area (Å²) in [5.74, 6) is -0.0823. The van der Waals surface area contributed by atoms with Gasteiger partial charge in [-0.2, -0.15) is 0 Å². The van der Waals surface area contributed by atoms with Crippen molar-refractivity contribution in [2.24, 2.45) is 0 Å². The van der Waals surface area contributed by atoms with E-state index in [1.54, 1.807) is 0 Å². The highest BCUT2D eigenvalue weighted by Crippen LogP contribution is 2.33. The monoisotopic (exact) mass is 243 g/mol. The lowest BCUT2D eigenvalue weighted by Gasteiger charge is -2.12. The molecular weight excluding hydrogens is 230 g/mol. The predicted molar refractivity (Wildman–Crippen MR) is 73.4 cm³/mol. The van der Waals surface area contributed by atoms with E-state index < -0.39 is 0 Å². The third kappa shape index (κ3) is 2.68. The Balaban J connectivity index is 2.55. The Hall–Kier alpha value is -1.74. The van der Waals surface area contributed by atoms with E-state index in [4.69, 9.17) is 0 Å². The van der Waals surface area contributed by atoms with Gasteiger partial charge in [0.05, 0.1) is 0 Å². The molecule has 1 amide bonds. The lowest BCUT2D eigenvalue weighted by Crippen LogP contribution is -2.07. The molecule has 0 bridgehead atoms. The molecule has 86 valence electrons. The van der Waals surface area contributed by atoms with Crippen molar-refractivity contribution in [3.63, 3.8) is 0 Å². The summed E-state index contributed by atoms with van der Waals surface area (Å²) in [4.78, 5) is 12.0. The Morgan fingerprint density at radius 3 is 2.41 bits per heavy atom. The fourth-order valence-corrected chi connectivity index (χ4v) is 2.08. The topological polar surface area (TPSA) is 29.1 Å². The Morgan fingerprint density at radius 1 is 1.06 bits per heavy atom. The van der Waals surface area contributed by atoms with Gasteiger partial charge in [0, 0.05) is 23.1 Å². The molecule has 0 saturated heterocycles. The highest BCUT2D eigenvalue weighted by molar-refractivity contribution is 7.80. The molecule has 0 fully saturated rings. The van der Waals surface area contributed by atoms with Crippen LogP contribution in [0.5, 0.6) is 0 Å². The molecule has 2 aromatic rings. The highest BCUT2D eigenvalue weighted by atomic mass is 32.1. The SMILES string of the molecule is CC(=O)Nc1cccc(S)c1-c1ccccc1. The van der Waals surface area contributed by atoms with Crippen LogP contribution in [0, 0.1) is 0 Å². The van der Waals surface area contributed by atoms with Crippen molar-refractivity contribution in [3.8, 4) is 11.1 Å². The van der Waals surface area contributed by atoms with Gasteiger partial charge in [0.25, 0.3) is 0 Å². The average molecular weight is 243 g/mol. The van der Waals surface area contributed by atoms with Crippen LogP contribution in [-0.2, 0) is 4.79 Å². The molecule has 1 N–H and O–H groups in total. The van der Waals surface area contributed by atoms with Gasteiger partial charge in [-0.05, 0) is 17.7 Å². The molecule has 0 aliphatic carbocycles. The van der Waals surface area contributed by atoms with Crippen molar-refractivity contribution in [1.29, 1.82) is 0 Å². The maximum atomic E-state index is 11.2. The van der Waals surface area contributed by atoms with Crippen LogP contribution in [0.1, 0.15) is 6.92 Å². The standard InChI is InChI=1S/C14H13NOS/c1-10(16)15-12-8-5-9-13(17)14(12)11-6-3-2-4-7-11/h2-9,17H,1H3,(H,15,16). The third-order valence-corrected chi connectivity index (χ3v) is 2.79. The molecule has 0 aromatic heterocycles. The minimum absolute atomic E-state index is 0.0823. The molecule has 2 nitrogen and oxygen atoms in total. The zero-order valence-corrected chi connectivity index (χ0v) is 10.4. The quantitative estimate of drug-likeness (QED) is 0.775. The second-order valence-electron chi connectivity index (χ2n) is 3.75. The zero-order valence-electron chi connectivity index (χ0n) is 9.47. The van der Waals surface area contributed by atoms with Gasteiger partial charge in [-0.3, -0.25) is 4.79 Å². The van der Waals surface area contributed by atoms with Gasteiger partial charge in [-0.15, -0.1) is 12.6 Å². The fraction of sp³-hybridized carbons (Fsp3) is 0.0714. The molecular formula is C14H13NOS. The predicted octanol–water partition coefficient (Wildman–Crippen LogP) is 3.60. The van der Waals surface area contributed by atoms with Crippen molar-refractivity contribution in [2.45, 2.75) is 11.8 Å². The van der Waals surface area contributed by atoms with E-state index in [1.165, 1.54) is 6.92 Å².